The predicted molar refractivity (Wildman–Crippen MR) is 66.5 cm³/mol. The summed E-state index contributed by atoms with van der Waals surface area (Å²) < 4.78 is 0. The molecule has 0 atom stereocenters. The summed E-state index contributed by atoms with van der Waals surface area (Å²) in [7, 11) is 0. The molecule has 1 aliphatic heterocycles. The van der Waals surface area contributed by atoms with Crippen molar-refractivity contribution in [2.45, 2.75) is 52.0 Å². The van der Waals surface area contributed by atoms with Gasteiger partial charge < -0.3 is 5.32 Å². The lowest BCUT2D eigenvalue weighted by Gasteiger charge is -2.44. The molecule has 0 bridgehead atoms. The van der Waals surface area contributed by atoms with Crippen molar-refractivity contribution in [2.75, 3.05) is 5.32 Å². The van der Waals surface area contributed by atoms with Crippen molar-refractivity contribution in [3.05, 3.63) is 29.3 Å². The topological polar surface area (TPSA) is 12.0 Å². The summed E-state index contributed by atoms with van der Waals surface area (Å²) in [5.41, 5.74) is 4.68. The number of benzene rings is 1. The Morgan fingerprint density at radius 3 is 2.47 bits per heavy atom. The van der Waals surface area contributed by atoms with Crippen molar-refractivity contribution in [2.24, 2.45) is 0 Å². The molecule has 0 saturated carbocycles. The number of nitrogens with one attached hydrogen (secondary N) is 1. The summed E-state index contributed by atoms with van der Waals surface area (Å²) in [4.78, 5) is 0. The summed E-state index contributed by atoms with van der Waals surface area (Å²) in [6, 6.07) is 6.55. The molecule has 0 unspecified atom stereocenters. The Balaban J connectivity index is 2.60. The highest BCUT2D eigenvalue weighted by Crippen LogP contribution is 2.44. The summed E-state index contributed by atoms with van der Waals surface area (Å²) in [5, 5.41) is 3.63. The van der Waals surface area contributed by atoms with Crippen molar-refractivity contribution in [3.8, 4) is 0 Å². The third kappa shape index (κ3) is 1.75. The van der Waals surface area contributed by atoms with E-state index in [1.807, 2.05) is 0 Å². The zero-order chi connectivity index (χ0) is 11.3. The van der Waals surface area contributed by atoms with E-state index in [0.717, 1.165) is 0 Å². The monoisotopic (exact) mass is 203 g/mol. The number of hydrogen-bond donors (Lipinski definition) is 1. The van der Waals surface area contributed by atoms with Crippen LogP contribution in [0.5, 0.6) is 0 Å². The molecule has 0 saturated heterocycles. The third-order valence-corrected chi connectivity index (χ3v) is 3.31. The zero-order valence-electron chi connectivity index (χ0n) is 10.4. The fourth-order valence-corrected chi connectivity index (χ4v) is 3.27. The van der Waals surface area contributed by atoms with E-state index >= 15 is 0 Å². The van der Waals surface area contributed by atoms with E-state index in [1.54, 1.807) is 0 Å². The molecule has 82 valence electrons. The Bertz CT molecular complexity index is 388. The maximum atomic E-state index is 3.63. The van der Waals surface area contributed by atoms with E-state index in [4.69, 9.17) is 0 Å². The molecule has 0 aliphatic carbocycles. The van der Waals surface area contributed by atoms with Crippen LogP contribution in [-0.2, 0) is 5.41 Å². The van der Waals surface area contributed by atoms with Crippen LogP contribution in [0.4, 0.5) is 5.69 Å². The molecule has 1 aromatic rings. The second-order valence-electron chi connectivity index (χ2n) is 6.07. The van der Waals surface area contributed by atoms with Gasteiger partial charge in [-0.15, -0.1) is 0 Å². The second-order valence-corrected chi connectivity index (χ2v) is 6.07. The van der Waals surface area contributed by atoms with E-state index < -0.39 is 0 Å². The van der Waals surface area contributed by atoms with Gasteiger partial charge in [0.05, 0.1) is 0 Å². The maximum Gasteiger partial charge on any atom is 0.0384 e. The van der Waals surface area contributed by atoms with Gasteiger partial charge in [-0.2, -0.15) is 0 Å². The van der Waals surface area contributed by atoms with Gasteiger partial charge in [0.1, 0.15) is 0 Å². The molecule has 0 fully saturated rings. The number of rotatable bonds is 0. The quantitative estimate of drug-likeness (QED) is 0.675. The normalized spacial score (nSPS) is 21.7. The number of fused-ring (bicyclic) bond motifs is 1. The molecule has 0 aromatic heterocycles. The first-order chi connectivity index (χ1) is 6.82. The molecule has 1 nitrogen and oxygen atoms in total. The molecule has 1 aromatic carbocycles. The molecule has 0 radical (unpaired) electrons. The van der Waals surface area contributed by atoms with Crippen molar-refractivity contribution >= 4 is 5.69 Å². The molecular formula is C14H21N. The molecule has 0 spiro atoms. The second kappa shape index (κ2) is 3.01. The van der Waals surface area contributed by atoms with Gasteiger partial charge in [0.25, 0.3) is 0 Å². The van der Waals surface area contributed by atoms with E-state index in [1.165, 1.54) is 23.2 Å². The van der Waals surface area contributed by atoms with Gasteiger partial charge in [-0.05, 0) is 49.8 Å². The first kappa shape index (κ1) is 10.5. The molecule has 1 heterocycles. The standard InChI is InChI=1S/C14H21N/c1-10-7-6-8-11-12(10)13(2,3)9-14(4,5)15-11/h6-8,15H,9H2,1-5H3. The minimum Gasteiger partial charge on any atom is -0.380 e. The van der Waals surface area contributed by atoms with Gasteiger partial charge in [0.15, 0.2) is 0 Å². The first-order valence-corrected chi connectivity index (χ1v) is 5.70. The van der Waals surface area contributed by atoms with Gasteiger partial charge in [-0.1, -0.05) is 26.0 Å². The van der Waals surface area contributed by atoms with Crippen LogP contribution in [-0.4, -0.2) is 5.54 Å². The highest BCUT2D eigenvalue weighted by molar-refractivity contribution is 5.61. The summed E-state index contributed by atoms with van der Waals surface area (Å²) in [5.74, 6) is 0. The van der Waals surface area contributed by atoms with Crippen molar-refractivity contribution in [3.63, 3.8) is 0 Å². The molecule has 1 N–H and O–H groups in total. The summed E-state index contributed by atoms with van der Waals surface area (Å²) in [6.45, 7) is 11.5. The van der Waals surface area contributed by atoms with Crippen LogP contribution in [0.25, 0.3) is 0 Å². The predicted octanol–water partition coefficient (Wildman–Crippen LogP) is 3.87. The lowest BCUT2D eigenvalue weighted by Crippen LogP contribution is -2.43. The SMILES string of the molecule is Cc1cccc2c1C(C)(C)CC(C)(C)N2. The van der Waals surface area contributed by atoms with Gasteiger partial charge in [0, 0.05) is 11.2 Å². The Labute approximate surface area is 92.9 Å². The Kier molecular flexibility index (Phi) is 2.11. The maximum absolute atomic E-state index is 3.63. The van der Waals surface area contributed by atoms with E-state index in [-0.39, 0.29) is 11.0 Å². The molecule has 2 rings (SSSR count). The first-order valence-electron chi connectivity index (χ1n) is 5.70. The fourth-order valence-electron chi connectivity index (χ4n) is 3.27. The van der Waals surface area contributed by atoms with Crippen LogP contribution in [0.3, 0.4) is 0 Å². The van der Waals surface area contributed by atoms with Crippen molar-refractivity contribution in [1.82, 2.24) is 0 Å². The Morgan fingerprint density at radius 1 is 1.13 bits per heavy atom. The van der Waals surface area contributed by atoms with E-state index in [0.29, 0.717) is 0 Å². The average molecular weight is 203 g/mol. The summed E-state index contributed by atoms with van der Waals surface area (Å²) >= 11 is 0. The highest BCUT2D eigenvalue weighted by Gasteiger charge is 2.37. The largest absolute Gasteiger partial charge is 0.380 e. The average Bonchev–Trinajstić information content (AvgIpc) is 1.97. The molecule has 1 heteroatoms. The van der Waals surface area contributed by atoms with Crippen LogP contribution in [0.15, 0.2) is 18.2 Å². The zero-order valence-corrected chi connectivity index (χ0v) is 10.4. The fraction of sp³-hybridized carbons (Fsp3) is 0.571. The van der Waals surface area contributed by atoms with Crippen molar-refractivity contribution < 1.29 is 0 Å². The molecule has 15 heavy (non-hydrogen) atoms. The Hall–Kier alpha value is -0.980. The van der Waals surface area contributed by atoms with Crippen LogP contribution < -0.4 is 5.32 Å². The van der Waals surface area contributed by atoms with E-state index in [9.17, 15) is 0 Å². The van der Waals surface area contributed by atoms with Gasteiger partial charge >= 0.3 is 0 Å². The van der Waals surface area contributed by atoms with Crippen molar-refractivity contribution in [1.29, 1.82) is 0 Å². The van der Waals surface area contributed by atoms with Crippen LogP contribution >= 0.6 is 0 Å². The number of aryl methyl sites for hydroxylation is 1. The highest BCUT2D eigenvalue weighted by atomic mass is 15.0. The van der Waals surface area contributed by atoms with Crippen LogP contribution in [0.2, 0.25) is 0 Å². The van der Waals surface area contributed by atoms with Crippen LogP contribution in [0.1, 0.15) is 45.2 Å². The lowest BCUT2D eigenvalue weighted by molar-refractivity contribution is 0.354. The molecule has 1 aliphatic rings. The Morgan fingerprint density at radius 2 is 1.80 bits per heavy atom. The summed E-state index contributed by atoms with van der Waals surface area (Å²) in [6.07, 6.45) is 1.18. The number of anilines is 1. The van der Waals surface area contributed by atoms with Crippen LogP contribution in [0, 0.1) is 6.92 Å². The molecule has 0 amide bonds. The van der Waals surface area contributed by atoms with Gasteiger partial charge in [0.2, 0.25) is 0 Å². The van der Waals surface area contributed by atoms with Gasteiger partial charge in [-0.25, -0.2) is 0 Å². The third-order valence-electron chi connectivity index (χ3n) is 3.31. The van der Waals surface area contributed by atoms with Gasteiger partial charge in [-0.3, -0.25) is 0 Å². The van der Waals surface area contributed by atoms with E-state index in [2.05, 4.69) is 58.1 Å². The minimum absolute atomic E-state index is 0.199. The smallest absolute Gasteiger partial charge is 0.0384 e. The minimum atomic E-state index is 0.199. The number of hydrogen-bond acceptors (Lipinski definition) is 1. The lowest BCUT2D eigenvalue weighted by atomic mass is 9.70. The molecular weight excluding hydrogens is 182 g/mol.